The summed E-state index contributed by atoms with van der Waals surface area (Å²) in [5.41, 5.74) is 0.182. The van der Waals surface area contributed by atoms with Crippen LogP contribution in [0.5, 0.6) is 11.5 Å². The fourth-order valence-corrected chi connectivity index (χ4v) is 9.99. The fourth-order valence-electron chi connectivity index (χ4n) is 7.67. The summed E-state index contributed by atoms with van der Waals surface area (Å²) in [5.74, 6) is -2.87. The van der Waals surface area contributed by atoms with Crippen LogP contribution < -0.4 is 14.2 Å². The molecule has 14 heteroatoms. The second-order valence-corrected chi connectivity index (χ2v) is 17.9. The van der Waals surface area contributed by atoms with Gasteiger partial charge in [0.05, 0.1) is 29.4 Å². The Hall–Kier alpha value is -3.91. The van der Waals surface area contributed by atoms with Crippen LogP contribution >= 0.6 is 11.3 Å². The van der Waals surface area contributed by atoms with Gasteiger partial charge < -0.3 is 14.4 Å². The van der Waals surface area contributed by atoms with Crippen molar-refractivity contribution < 1.29 is 36.7 Å². The maximum Gasteiger partial charge on any atom is 0.240 e. The number of Topliss-reactive ketones (excluding diaryl/α,β-unsaturated/α-hetero) is 1. The standard InChI is InChI=1S/C38H45FN4O7S2/c1-21(2)29-20-51-35(41-29)28-17-32(25-12-13-31(49-4)33(39)34(25)40-28)50-23-15-26-27(16-23)36(45)43(3)14-8-6-5-7-9-22-18-38(22,19-30(26)44)37(46)42-52(47,48)24-10-11-24/h7,9,12-13,17,20-24,26-27H,5-6,8,10-11,14-16,18-19H2,1-4H3,(H,42,46)/b9-7-/t22-,23+,26+,27+,38+/m0/s1. The molecule has 52 heavy (non-hydrogen) atoms. The number of sulfonamides is 1. The monoisotopic (exact) mass is 752 g/mol. The Balaban J connectivity index is 1.21. The van der Waals surface area contributed by atoms with Crippen LogP contribution in [-0.4, -0.2) is 72.9 Å². The molecule has 3 fully saturated rings. The number of carbonyl (C=O) groups excluding carboxylic acids is 3. The summed E-state index contributed by atoms with van der Waals surface area (Å²) >= 11 is 1.40. The molecule has 3 aromatic rings. The van der Waals surface area contributed by atoms with Crippen LogP contribution in [0.25, 0.3) is 21.6 Å². The number of amides is 2. The van der Waals surface area contributed by atoms with Crippen LogP contribution in [0.2, 0.25) is 0 Å². The fraction of sp³-hybridized carbons (Fsp3) is 0.553. The van der Waals surface area contributed by atoms with E-state index in [9.17, 15) is 22.8 Å². The summed E-state index contributed by atoms with van der Waals surface area (Å²) in [6.45, 7) is 4.61. The van der Waals surface area contributed by atoms with E-state index in [2.05, 4.69) is 9.71 Å². The number of benzene rings is 1. The first-order valence-corrected chi connectivity index (χ1v) is 20.5. The summed E-state index contributed by atoms with van der Waals surface area (Å²) in [6, 6.07) is 4.92. The number of aromatic nitrogens is 2. The van der Waals surface area contributed by atoms with Crippen LogP contribution in [0.15, 0.2) is 35.7 Å². The molecule has 0 saturated heterocycles. The quantitative estimate of drug-likeness (QED) is 0.267. The number of methoxy groups -OCH3 is 1. The van der Waals surface area contributed by atoms with Gasteiger partial charge in [0.2, 0.25) is 21.8 Å². The lowest BCUT2D eigenvalue weighted by molar-refractivity contribution is -0.140. The zero-order chi connectivity index (χ0) is 36.9. The average molecular weight is 753 g/mol. The van der Waals surface area contributed by atoms with Crippen LogP contribution in [0.4, 0.5) is 4.39 Å². The van der Waals surface area contributed by atoms with E-state index in [1.54, 1.807) is 24.1 Å². The number of nitrogens with one attached hydrogen (secondary N) is 1. The van der Waals surface area contributed by atoms with Gasteiger partial charge in [-0.05, 0) is 75.3 Å². The maximum absolute atomic E-state index is 15.7. The summed E-state index contributed by atoms with van der Waals surface area (Å²) in [6.07, 6.45) is 7.36. The van der Waals surface area contributed by atoms with Crippen molar-refractivity contribution in [2.75, 3.05) is 20.7 Å². The minimum Gasteiger partial charge on any atom is -0.494 e. The molecule has 1 N–H and O–H groups in total. The van der Waals surface area contributed by atoms with Gasteiger partial charge in [-0.15, -0.1) is 11.3 Å². The van der Waals surface area contributed by atoms with Crippen molar-refractivity contribution in [2.24, 2.45) is 23.2 Å². The van der Waals surface area contributed by atoms with Crippen molar-refractivity contribution in [3.63, 3.8) is 0 Å². The van der Waals surface area contributed by atoms with E-state index in [0.717, 1.165) is 25.0 Å². The molecule has 2 amide bonds. The highest BCUT2D eigenvalue weighted by Crippen LogP contribution is 2.58. The molecule has 7 rings (SSSR count). The minimum absolute atomic E-state index is 0.0328. The van der Waals surface area contributed by atoms with Gasteiger partial charge in [0.15, 0.2) is 11.6 Å². The van der Waals surface area contributed by atoms with Gasteiger partial charge in [-0.3, -0.25) is 19.1 Å². The molecule has 0 bridgehead atoms. The van der Waals surface area contributed by atoms with Crippen molar-refractivity contribution >= 4 is 49.9 Å². The number of allylic oxidation sites excluding steroid dienone is 2. The first-order chi connectivity index (χ1) is 24.8. The summed E-state index contributed by atoms with van der Waals surface area (Å²) in [4.78, 5) is 53.0. The number of nitrogens with zero attached hydrogens (tertiary/aromatic N) is 3. The number of thiazole rings is 1. The second-order valence-electron chi connectivity index (χ2n) is 15.1. The number of pyridine rings is 1. The van der Waals surface area contributed by atoms with Crippen molar-refractivity contribution in [3.8, 4) is 22.2 Å². The van der Waals surface area contributed by atoms with Gasteiger partial charge in [-0.25, -0.2) is 22.8 Å². The molecular formula is C38H45FN4O7S2. The van der Waals surface area contributed by atoms with Gasteiger partial charge in [-0.2, -0.15) is 0 Å². The van der Waals surface area contributed by atoms with Gasteiger partial charge >= 0.3 is 0 Å². The van der Waals surface area contributed by atoms with Gasteiger partial charge in [0.25, 0.3) is 0 Å². The molecule has 0 spiro atoms. The third kappa shape index (κ3) is 7.07. The van der Waals surface area contributed by atoms with E-state index in [0.29, 0.717) is 47.6 Å². The van der Waals surface area contributed by atoms with Crippen LogP contribution in [0.1, 0.15) is 83.2 Å². The largest absolute Gasteiger partial charge is 0.494 e. The SMILES string of the molecule is COc1ccc2c(O[C@@H]3C[C@H]4C(=O)C[C@]5(C(=O)NS(=O)(=O)C6CC6)C[C@@H]5/C=C\CCCCN(C)C(=O)[C@@H]4C3)cc(-c3nc(C(C)C)cs3)nc2c1F. The van der Waals surface area contributed by atoms with Gasteiger partial charge in [-0.1, -0.05) is 26.0 Å². The molecule has 3 aliphatic carbocycles. The Morgan fingerprint density at radius 2 is 1.88 bits per heavy atom. The molecule has 2 aromatic heterocycles. The summed E-state index contributed by atoms with van der Waals surface area (Å²) in [5, 5.41) is 2.39. The van der Waals surface area contributed by atoms with Crippen molar-refractivity contribution in [1.29, 1.82) is 0 Å². The van der Waals surface area contributed by atoms with E-state index >= 15 is 4.39 Å². The number of hydrogen-bond acceptors (Lipinski definition) is 10. The smallest absolute Gasteiger partial charge is 0.240 e. The van der Waals surface area contributed by atoms with Crippen LogP contribution in [-0.2, 0) is 24.4 Å². The molecule has 0 radical (unpaired) electrons. The Kier molecular flexibility index (Phi) is 9.92. The Labute approximate surface area is 307 Å². The van der Waals surface area contributed by atoms with Crippen molar-refractivity contribution in [2.45, 2.75) is 88.9 Å². The van der Waals surface area contributed by atoms with Gasteiger partial charge in [0.1, 0.15) is 33.9 Å². The zero-order valence-electron chi connectivity index (χ0n) is 29.9. The van der Waals surface area contributed by atoms with E-state index < -0.39 is 50.4 Å². The lowest BCUT2D eigenvalue weighted by atomic mass is 9.84. The maximum atomic E-state index is 15.7. The highest BCUT2D eigenvalue weighted by molar-refractivity contribution is 7.90. The molecule has 3 heterocycles. The highest BCUT2D eigenvalue weighted by atomic mass is 32.2. The number of rotatable bonds is 8. The molecule has 1 aromatic carbocycles. The predicted molar refractivity (Wildman–Crippen MR) is 195 cm³/mol. The molecular weight excluding hydrogens is 708 g/mol. The molecule has 5 atom stereocenters. The second kappa shape index (κ2) is 14.1. The minimum atomic E-state index is -3.81. The van der Waals surface area contributed by atoms with Crippen molar-refractivity contribution in [1.82, 2.24) is 19.6 Å². The highest BCUT2D eigenvalue weighted by Gasteiger charge is 2.61. The Morgan fingerprint density at radius 3 is 2.60 bits per heavy atom. The average Bonchev–Trinajstić information content (AvgIpc) is 3.98. The number of halogens is 1. The van der Waals surface area contributed by atoms with Crippen molar-refractivity contribution in [3.05, 3.63) is 47.2 Å². The third-order valence-corrected chi connectivity index (χ3v) is 13.8. The number of fused-ring (bicyclic) bond motifs is 3. The molecule has 0 unspecified atom stereocenters. The van der Waals surface area contributed by atoms with E-state index in [1.165, 1.54) is 24.5 Å². The Bertz CT molecular complexity index is 2050. The molecule has 4 aliphatic rings. The number of ether oxygens (including phenoxy) is 2. The van der Waals surface area contributed by atoms with E-state index in [-0.39, 0.29) is 54.1 Å². The van der Waals surface area contributed by atoms with Gasteiger partial charge in [0, 0.05) is 42.8 Å². The molecule has 278 valence electrons. The van der Waals surface area contributed by atoms with Crippen LogP contribution in [0.3, 0.4) is 0 Å². The molecule has 1 aliphatic heterocycles. The normalized spacial score (nSPS) is 27.5. The topological polar surface area (TPSA) is 145 Å². The number of carbonyl (C=O) groups is 3. The van der Waals surface area contributed by atoms with Crippen LogP contribution in [0, 0.1) is 29.0 Å². The number of ketones is 1. The predicted octanol–water partition coefficient (Wildman–Crippen LogP) is 6.18. The lowest BCUT2D eigenvalue weighted by Crippen LogP contribution is -2.42. The summed E-state index contributed by atoms with van der Waals surface area (Å²) < 4.78 is 55.5. The number of hydrogen-bond donors (Lipinski definition) is 1. The summed E-state index contributed by atoms with van der Waals surface area (Å²) in [7, 11) is -0.687. The zero-order valence-corrected chi connectivity index (χ0v) is 31.5. The first-order valence-electron chi connectivity index (χ1n) is 18.1. The molecule has 3 saturated carbocycles. The Morgan fingerprint density at radius 1 is 1.12 bits per heavy atom. The first kappa shape index (κ1) is 36.4. The molecule has 11 nitrogen and oxygen atoms in total. The van der Waals surface area contributed by atoms with E-state index in [1.807, 2.05) is 31.4 Å². The third-order valence-electron chi connectivity index (χ3n) is 11.1. The lowest BCUT2D eigenvalue weighted by Gasteiger charge is -2.26. The van der Waals surface area contributed by atoms with E-state index in [4.69, 9.17) is 14.5 Å².